The van der Waals surface area contributed by atoms with Crippen LogP contribution in [0.4, 0.5) is 0 Å². The van der Waals surface area contributed by atoms with Crippen LogP contribution < -0.4 is 10.6 Å². The fourth-order valence-electron chi connectivity index (χ4n) is 3.37. The molecule has 1 heterocycles. The van der Waals surface area contributed by atoms with Crippen molar-refractivity contribution in [3.05, 3.63) is 71.8 Å². The molecule has 0 bridgehead atoms. The molecule has 2 aromatic rings. The normalized spacial score (nSPS) is 14.7. The van der Waals surface area contributed by atoms with Crippen LogP contribution in [-0.4, -0.2) is 42.9 Å². The molecule has 142 valence electrons. The van der Waals surface area contributed by atoms with Crippen LogP contribution in [0.3, 0.4) is 0 Å². The first-order valence-electron chi connectivity index (χ1n) is 9.59. The van der Waals surface area contributed by atoms with Crippen molar-refractivity contribution in [2.45, 2.75) is 25.3 Å². The Hall–Kier alpha value is -2.66. The summed E-state index contributed by atoms with van der Waals surface area (Å²) < 4.78 is 0. The van der Waals surface area contributed by atoms with E-state index in [0.29, 0.717) is 0 Å². The highest BCUT2D eigenvalue weighted by atomic mass is 16.2. The Morgan fingerprint density at radius 2 is 1.52 bits per heavy atom. The van der Waals surface area contributed by atoms with E-state index in [1.807, 2.05) is 41.3 Å². The molecular weight excluding hydrogens is 338 g/mol. The van der Waals surface area contributed by atoms with Crippen molar-refractivity contribution in [3.63, 3.8) is 0 Å². The van der Waals surface area contributed by atoms with Crippen molar-refractivity contribution < 1.29 is 9.59 Å². The van der Waals surface area contributed by atoms with Crippen molar-refractivity contribution in [1.29, 1.82) is 0 Å². The maximum atomic E-state index is 12.2. The molecule has 0 radical (unpaired) electrons. The molecule has 1 atom stereocenters. The number of hydrogen-bond donors (Lipinski definition) is 2. The molecule has 1 unspecified atom stereocenters. The summed E-state index contributed by atoms with van der Waals surface area (Å²) in [7, 11) is 0. The summed E-state index contributed by atoms with van der Waals surface area (Å²) in [6.45, 7) is 1.87. The SMILES string of the molecule is O=C(CNC(Cc1ccccc1)c1ccccc1)NCC(=O)N1CCCC1. The van der Waals surface area contributed by atoms with Gasteiger partial charge in [0.1, 0.15) is 0 Å². The number of nitrogens with zero attached hydrogens (tertiary/aromatic N) is 1. The average Bonchev–Trinajstić information content (AvgIpc) is 3.25. The van der Waals surface area contributed by atoms with E-state index in [0.717, 1.165) is 37.9 Å². The second-order valence-electron chi connectivity index (χ2n) is 6.90. The molecule has 3 rings (SSSR count). The lowest BCUT2D eigenvalue weighted by Gasteiger charge is -2.20. The Morgan fingerprint density at radius 1 is 0.889 bits per heavy atom. The van der Waals surface area contributed by atoms with E-state index in [4.69, 9.17) is 0 Å². The molecule has 1 aliphatic rings. The lowest BCUT2D eigenvalue weighted by atomic mass is 9.99. The number of benzene rings is 2. The van der Waals surface area contributed by atoms with Crippen LogP contribution >= 0.6 is 0 Å². The minimum Gasteiger partial charge on any atom is -0.346 e. The number of carbonyl (C=O) groups is 2. The molecule has 27 heavy (non-hydrogen) atoms. The molecular formula is C22H27N3O2. The van der Waals surface area contributed by atoms with Crippen LogP contribution in [0.5, 0.6) is 0 Å². The topological polar surface area (TPSA) is 61.4 Å². The molecule has 5 heteroatoms. The zero-order valence-corrected chi connectivity index (χ0v) is 15.6. The lowest BCUT2D eigenvalue weighted by molar-refractivity contribution is -0.131. The second-order valence-corrected chi connectivity index (χ2v) is 6.90. The van der Waals surface area contributed by atoms with Gasteiger partial charge in [-0.25, -0.2) is 0 Å². The predicted molar refractivity (Wildman–Crippen MR) is 106 cm³/mol. The zero-order chi connectivity index (χ0) is 18.9. The van der Waals surface area contributed by atoms with Gasteiger partial charge in [0.05, 0.1) is 13.1 Å². The van der Waals surface area contributed by atoms with Crippen LogP contribution in [0, 0.1) is 0 Å². The molecule has 0 spiro atoms. The van der Waals surface area contributed by atoms with Crippen LogP contribution in [0.1, 0.15) is 30.0 Å². The number of hydrogen-bond acceptors (Lipinski definition) is 3. The maximum absolute atomic E-state index is 12.2. The third-order valence-corrected chi connectivity index (χ3v) is 4.89. The number of nitrogens with one attached hydrogen (secondary N) is 2. The van der Waals surface area contributed by atoms with Crippen molar-refractivity contribution in [2.24, 2.45) is 0 Å². The third-order valence-electron chi connectivity index (χ3n) is 4.89. The van der Waals surface area contributed by atoms with Crippen molar-refractivity contribution in [3.8, 4) is 0 Å². The fourth-order valence-corrected chi connectivity index (χ4v) is 3.37. The molecule has 2 amide bonds. The van der Waals surface area contributed by atoms with Gasteiger partial charge in [-0.2, -0.15) is 0 Å². The van der Waals surface area contributed by atoms with Gasteiger partial charge in [0.15, 0.2) is 0 Å². The molecule has 2 aromatic carbocycles. The highest BCUT2D eigenvalue weighted by Gasteiger charge is 2.18. The summed E-state index contributed by atoms with van der Waals surface area (Å²) in [5.74, 6) is -0.152. The zero-order valence-electron chi connectivity index (χ0n) is 15.6. The first-order chi connectivity index (χ1) is 13.2. The van der Waals surface area contributed by atoms with E-state index in [1.54, 1.807) is 0 Å². The summed E-state index contributed by atoms with van der Waals surface area (Å²) in [6.07, 6.45) is 2.91. The number of rotatable bonds is 8. The Labute approximate surface area is 160 Å². The van der Waals surface area contributed by atoms with Gasteiger partial charge in [-0.05, 0) is 30.4 Å². The van der Waals surface area contributed by atoms with Gasteiger partial charge in [-0.1, -0.05) is 60.7 Å². The van der Waals surface area contributed by atoms with E-state index in [9.17, 15) is 9.59 Å². The largest absolute Gasteiger partial charge is 0.346 e. The van der Waals surface area contributed by atoms with Crippen LogP contribution in [0.25, 0.3) is 0 Å². The maximum Gasteiger partial charge on any atom is 0.241 e. The molecule has 1 saturated heterocycles. The van der Waals surface area contributed by atoms with Gasteiger partial charge < -0.3 is 15.5 Å². The molecule has 2 N–H and O–H groups in total. The van der Waals surface area contributed by atoms with E-state index < -0.39 is 0 Å². The quantitative estimate of drug-likeness (QED) is 0.755. The van der Waals surface area contributed by atoms with E-state index >= 15 is 0 Å². The molecule has 0 aliphatic carbocycles. The summed E-state index contributed by atoms with van der Waals surface area (Å²) in [5.41, 5.74) is 2.35. The van der Waals surface area contributed by atoms with E-state index in [2.05, 4.69) is 34.9 Å². The first kappa shape index (κ1) is 19.1. The Morgan fingerprint density at radius 3 is 2.19 bits per heavy atom. The Bertz CT molecular complexity index is 728. The molecule has 1 aliphatic heterocycles. The molecule has 1 fully saturated rings. The summed E-state index contributed by atoms with van der Waals surface area (Å²) >= 11 is 0. The van der Waals surface area contributed by atoms with E-state index in [-0.39, 0.29) is 30.9 Å². The summed E-state index contributed by atoms with van der Waals surface area (Å²) in [4.78, 5) is 26.1. The number of amides is 2. The fraction of sp³-hybridized carbons (Fsp3) is 0.364. The predicted octanol–water partition coefficient (Wildman–Crippen LogP) is 2.30. The minimum atomic E-state index is -0.156. The van der Waals surface area contributed by atoms with Gasteiger partial charge in [0.2, 0.25) is 11.8 Å². The van der Waals surface area contributed by atoms with Crippen molar-refractivity contribution in [2.75, 3.05) is 26.2 Å². The summed E-state index contributed by atoms with van der Waals surface area (Å²) in [6, 6.07) is 20.4. The first-order valence-corrected chi connectivity index (χ1v) is 9.59. The van der Waals surface area contributed by atoms with Gasteiger partial charge in [0.25, 0.3) is 0 Å². The highest BCUT2D eigenvalue weighted by Crippen LogP contribution is 2.18. The van der Waals surface area contributed by atoms with Gasteiger partial charge in [-0.3, -0.25) is 9.59 Å². The van der Waals surface area contributed by atoms with Gasteiger partial charge in [0, 0.05) is 19.1 Å². The minimum absolute atomic E-state index is 0.00439. The Balaban J connectivity index is 1.52. The van der Waals surface area contributed by atoms with Gasteiger partial charge >= 0.3 is 0 Å². The number of likely N-dealkylation sites (tertiary alicyclic amines) is 1. The monoisotopic (exact) mass is 365 g/mol. The molecule has 0 aromatic heterocycles. The van der Waals surface area contributed by atoms with E-state index in [1.165, 1.54) is 5.56 Å². The standard InChI is InChI=1S/C22H27N3O2/c26-21(24-17-22(27)25-13-7-8-14-25)16-23-20(19-11-5-2-6-12-19)15-18-9-3-1-4-10-18/h1-6,9-12,20,23H,7-8,13-17H2,(H,24,26). The molecule has 5 nitrogen and oxygen atoms in total. The average molecular weight is 365 g/mol. The van der Waals surface area contributed by atoms with Gasteiger partial charge in [-0.15, -0.1) is 0 Å². The van der Waals surface area contributed by atoms with Crippen molar-refractivity contribution in [1.82, 2.24) is 15.5 Å². The third kappa shape index (κ3) is 5.93. The number of carbonyl (C=O) groups excluding carboxylic acids is 2. The highest BCUT2D eigenvalue weighted by molar-refractivity contribution is 5.85. The Kier molecular flexibility index (Phi) is 6.99. The smallest absolute Gasteiger partial charge is 0.241 e. The van der Waals surface area contributed by atoms with Crippen LogP contribution in [0.2, 0.25) is 0 Å². The van der Waals surface area contributed by atoms with Crippen LogP contribution in [0.15, 0.2) is 60.7 Å². The molecule has 0 saturated carbocycles. The second kappa shape index (κ2) is 9.88. The summed E-state index contributed by atoms with van der Waals surface area (Å²) in [5, 5.41) is 6.08. The van der Waals surface area contributed by atoms with Crippen LogP contribution in [-0.2, 0) is 16.0 Å². The lowest BCUT2D eigenvalue weighted by Crippen LogP contribution is -2.42. The van der Waals surface area contributed by atoms with Crippen molar-refractivity contribution >= 4 is 11.8 Å².